The number of nitriles is 1. The Morgan fingerprint density at radius 2 is 2.00 bits per heavy atom. The van der Waals surface area contributed by atoms with Crippen molar-refractivity contribution in [2.24, 2.45) is 0 Å². The second-order valence-electron chi connectivity index (χ2n) is 5.52. The van der Waals surface area contributed by atoms with Crippen LogP contribution in [-0.2, 0) is 11.3 Å². The first-order chi connectivity index (χ1) is 12.8. The minimum atomic E-state index is -4.45. The molecule has 0 aliphatic rings. The van der Waals surface area contributed by atoms with Crippen molar-refractivity contribution in [1.82, 2.24) is 10.3 Å². The Morgan fingerprint density at radius 1 is 1.30 bits per heavy atom. The number of nitrogens with one attached hydrogen (secondary N) is 1. The molecule has 1 atom stereocenters. The summed E-state index contributed by atoms with van der Waals surface area (Å²) < 4.78 is 46.5. The Hall–Kier alpha value is -3.28. The molecule has 0 spiro atoms. The van der Waals surface area contributed by atoms with E-state index in [-0.39, 0.29) is 12.4 Å². The predicted octanol–water partition coefficient (Wildman–Crippen LogP) is 2.98. The molecule has 1 heterocycles. The maximum absolute atomic E-state index is 12.2. The zero-order chi connectivity index (χ0) is 19.9. The number of alkyl halides is 3. The summed E-state index contributed by atoms with van der Waals surface area (Å²) in [6, 6.07) is 11.1. The SMILES string of the molecule is CC(Oc1ccc(C#N)cc1)C(=O)NCc1ccnc(OCC(F)(F)F)c1. The minimum Gasteiger partial charge on any atom is -0.481 e. The van der Waals surface area contributed by atoms with Crippen LogP contribution in [-0.4, -0.2) is 29.8 Å². The molecule has 0 aliphatic heterocycles. The zero-order valence-electron chi connectivity index (χ0n) is 14.3. The second-order valence-corrected chi connectivity index (χ2v) is 5.52. The Morgan fingerprint density at radius 3 is 2.63 bits per heavy atom. The first-order valence-corrected chi connectivity index (χ1v) is 7.86. The van der Waals surface area contributed by atoms with Crippen molar-refractivity contribution >= 4 is 5.91 Å². The van der Waals surface area contributed by atoms with Gasteiger partial charge in [0.15, 0.2) is 12.7 Å². The lowest BCUT2D eigenvalue weighted by atomic mass is 10.2. The van der Waals surface area contributed by atoms with Crippen molar-refractivity contribution in [3.05, 3.63) is 53.7 Å². The van der Waals surface area contributed by atoms with Crippen molar-refractivity contribution < 1.29 is 27.4 Å². The van der Waals surface area contributed by atoms with Crippen LogP contribution in [0, 0.1) is 11.3 Å². The van der Waals surface area contributed by atoms with E-state index in [0.717, 1.165) is 0 Å². The van der Waals surface area contributed by atoms with Crippen LogP contribution in [0.2, 0.25) is 0 Å². The molecule has 1 aromatic heterocycles. The summed E-state index contributed by atoms with van der Waals surface area (Å²) in [5.41, 5.74) is 1.00. The molecule has 0 saturated heterocycles. The largest absolute Gasteiger partial charge is 0.481 e. The molecule has 1 N–H and O–H groups in total. The van der Waals surface area contributed by atoms with E-state index < -0.39 is 24.8 Å². The second kappa shape index (κ2) is 8.89. The molecule has 1 amide bonds. The lowest BCUT2D eigenvalue weighted by Crippen LogP contribution is -2.35. The highest BCUT2D eigenvalue weighted by Gasteiger charge is 2.28. The normalized spacial score (nSPS) is 12.0. The van der Waals surface area contributed by atoms with Gasteiger partial charge < -0.3 is 14.8 Å². The van der Waals surface area contributed by atoms with Crippen molar-refractivity contribution in [2.75, 3.05) is 6.61 Å². The number of carbonyl (C=O) groups excluding carboxylic acids is 1. The van der Waals surface area contributed by atoms with Gasteiger partial charge in [0, 0.05) is 18.8 Å². The lowest BCUT2D eigenvalue weighted by Gasteiger charge is -2.15. The highest BCUT2D eigenvalue weighted by Crippen LogP contribution is 2.18. The molecule has 2 aromatic rings. The predicted molar refractivity (Wildman–Crippen MR) is 88.9 cm³/mol. The summed E-state index contributed by atoms with van der Waals surface area (Å²) in [7, 11) is 0. The van der Waals surface area contributed by atoms with Crippen LogP contribution in [0.25, 0.3) is 0 Å². The molecule has 2 rings (SSSR count). The van der Waals surface area contributed by atoms with Gasteiger partial charge in [0.2, 0.25) is 5.88 Å². The third kappa shape index (κ3) is 6.86. The molecule has 27 heavy (non-hydrogen) atoms. The van der Waals surface area contributed by atoms with Gasteiger partial charge in [-0.25, -0.2) is 4.98 Å². The number of hydrogen-bond acceptors (Lipinski definition) is 5. The maximum atomic E-state index is 12.2. The van der Waals surface area contributed by atoms with E-state index in [9.17, 15) is 18.0 Å². The minimum absolute atomic E-state index is 0.0742. The molecule has 142 valence electrons. The summed E-state index contributed by atoms with van der Waals surface area (Å²) in [6.07, 6.45) is -3.96. The van der Waals surface area contributed by atoms with E-state index in [1.165, 1.54) is 12.3 Å². The highest BCUT2D eigenvalue weighted by atomic mass is 19.4. The first kappa shape index (κ1) is 20.0. The van der Waals surface area contributed by atoms with Crippen LogP contribution in [0.3, 0.4) is 0 Å². The average Bonchev–Trinajstić information content (AvgIpc) is 2.65. The topological polar surface area (TPSA) is 84.2 Å². The summed E-state index contributed by atoms with van der Waals surface area (Å²) >= 11 is 0. The quantitative estimate of drug-likeness (QED) is 0.800. The fraction of sp³-hybridized carbons (Fsp3) is 0.278. The van der Waals surface area contributed by atoms with Crippen LogP contribution in [0.15, 0.2) is 42.6 Å². The third-order valence-electron chi connectivity index (χ3n) is 3.32. The summed E-state index contributed by atoms with van der Waals surface area (Å²) in [6.45, 7) is 0.189. The van der Waals surface area contributed by atoms with E-state index in [2.05, 4.69) is 15.0 Å². The van der Waals surface area contributed by atoms with Gasteiger partial charge in [0.25, 0.3) is 5.91 Å². The first-order valence-electron chi connectivity index (χ1n) is 7.86. The van der Waals surface area contributed by atoms with Gasteiger partial charge in [-0.2, -0.15) is 18.4 Å². The van der Waals surface area contributed by atoms with E-state index in [1.54, 1.807) is 37.3 Å². The van der Waals surface area contributed by atoms with E-state index in [1.807, 2.05) is 6.07 Å². The number of nitrogens with zero attached hydrogens (tertiary/aromatic N) is 2. The van der Waals surface area contributed by atoms with Gasteiger partial charge >= 0.3 is 6.18 Å². The number of pyridine rings is 1. The number of amides is 1. The Kier molecular flexibility index (Phi) is 6.60. The smallest absolute Gasteiger partial charge is 0.422 e. The molecule has 0 radical (unpaired) electrons. The van der Waals surface area contributed by atoms with Gasteiger partial charge in [-0.1, -0.05) is 0 Å². The monoisotopic (exact) mass is 379 g/mol. The highest BCUT2D eigenvalue weighted by molar-refractivity contribution is 5.80. The maximum Gasteiger partial charge on any atom is 0.422 e. The molecule has 0 bridgehead atoms. The molecular formula is C18H16F3N3O3. The summed E-state index contributed by atoms with van der Waals surface area (Å²) in [5.74, 6) is -0.154. The van der Waals surface area contributed by atoms with Crippen molar-refractivity contribution in [3.63, 3.8) is 0 Å². The van der Waals surface area contributed by atoms with Crippen LogP contribution in [0.1, 0.15) is 18.1 Å². The van der Waals surface area contributed by atoms with Gasteiger partial charge in [0.1, 0.15) is 5.75 Å². The molecule has 0 aliphatic carbocycles. The number of benzene rings is 1. The molecule has 1 unspecified atom stereocenters. The van der Waals surface area contributed by atoms with Crippen LogP contribution < -0.4 is 14.8 Å². The van der Waals surface area contributed by atoms with Crippen molar-refractivity contribution in [2.45, 2.75) is 25.7 Å². The fourth-order valence-electron chi connectivity index (χ4n) is 1.99. The van der Waals surface area contributed by atoms with Gasteiger partial charge in [-0.3, -0.25) is 4.79 Å². The van der Waals surface area contributed by atoms with Gasteiger partial charge in [-0.15, -0.1) is 0 Å². The molecule has 0 fully saturated rings. The Labute approximate surface area is 153 Å². The van der Waals surface area contributed by atoms with Gasteiger partial charge in [0.05, 0.1) is 11.6 Å². The Balaban J connectivity index is 1.86. The van der Waals surface area contributed by atoms with Crippen LogP contribution in [0.5, 0.6) is 11.6 Å². The van der Waals surface area contributed by atoms with E-state index in [0.29, 0.717) is 16.9 Å². The number of carbonyl (C=O) groups is 1. The molecule has 9 heteroatoms. The summed E-state index contributed by atoms with van der Waals surface area (Å²) in [4.78, 5) is 15.8. The number of halogens is 3. The molecule has 0 saturated carbocycles. The number of ether oxygens (including phenoxy) is 2. The number of aromatic nitrogens is 1. The Bertz CT molecular complexity index is 817. The molecule has 6 nitrogen and oxygen atoms in total. The number of hydrogen-bond donors (Lipinski definition) is 1. The standard InChI is InChI=1S/C18H16F3N3O3/c1-12(27-15-4-2-13(9-22)3-5-15)17(25)24-10-14-6-7-23-16(8-14)26-11-18(19,20)21/h2-8,12H,10-11H2,1H3,(H,24,25). The van der Waals surface area contributed by atoms with Crippen LogP contribution >= 0.6 is 0 Å². The third-order valence-corrected chi connectivity index (χ3v) is 3.32. The fourth-order valence-corrected chi connectivity index (χ4v) is 1.99. The van der Waals surface area contributed by atoms with Crippen molar-refractivity contribution in [1.29, 1.82) is 5.26 Å². The zero-order valence-corrected chi connectivity index (χ0v) is 14.3. The van der Waals surface area contributed by atoms with E-state index >= 15 is 0 Å². The number of rotatable bonds is 7. The molecular weight excluding hydrogens is 363 g/mol. The van der Waals surface area contributed by atoms with Crippen LogP contribution in [0.4, 0.5) is 13.2 Å². The molecule has 1 aromatic carbocycles. The lowest BCUT2D eigenvalue weighted by molar-refractivity contribution is -0.154. The average molecular weight is 379 g/mol. The van der Waals surface area contributed by atoms with E-state index in [4.69, 9.17) is 10.00 Å². The van der Waals surface area contributed by atoms with Crippen molar-refractivity contribution in [3.8, 4) is 17.7 Å². The summed E-state index contributed by atoms with van der Waals surface area (Å²) in [5, 5.41) is 11.4. The van der Waals surface area contributed by atoms with Gasteiger partial charge in [-0.05, 0) is 42.8 Å².